The molecule has 0 fully saturated rings. The number of rotatable bonds is 4. The Labute approximate surface area is 127 Å². The molecule has 0 spiro atoms. The van der Waals surface area contributed by atoms with Gasteiger partial charge in [-0.05, 0) is 49.4 Å². The van der Waals surface area contributed by atoms with Crippen LogP contribution >= 0.6 is 0 Å². The second-order valence-electron chi connectivity index (χ2n) is 5.37. The summed E-state index contributed by atoms with van der Waals surface area (Å²) in [5.74, 6) is 0.991. The number of fused-ring (bicyclic) bond motifs is 1. The van der Waals surface area contributed by atoms with Crippen LogP contribution in [0.2, 0.25) is 0 Å². The van der Waals surface area contributed by atoms with Crippen LogP contribution in [0, 0.1) is 6.92 Å². The van der Waals surface area contributed by atoms with E-state index in [0.29, 0.717) is 0 Å². The number of halogens is 2. The van der Waals surface area contributed by atoms with Crippen molar-refractivity contribution in [3.63, 3.8) is 0 Å². The molecule has 1 aromatic heterocycles. The van der Waals surface area contributed by atoms with E-state index >= 15 is 0 Å². The second kappa shape index (κ2) is 6.25. The number of aryl methyl sites for hydroxylation is 2. The normalized spacial score (nSPS) is 17.2. The van der Waals surface area contributed by atoms with Crippen LogP contribution < -0.4 is 10.1 Å². The topological polar surface area (TPSA) is 47.0 Å². The van der Waals surface area contributed by atoms with Crippen molar-refractivity contribution in [3.05, 3.63) is 47.4 Å². The van der Waals surface area contributed by atoms with Crippen LogP contribution in [-0.2, 0) is 6.42 Å². The summed E-state index contributed by atoms with van der Waals surface area (Å²) in [5, 5.41) is 3.40. The standard InChI is InChI=1S/C16H17F2N3O/c1-10-7-15(20-9-19-10)21-14-4-2-3-11-8-12(22-16(17)18)5-6-13(11)14/h5-9,14,16H,2-4H2,1H3,(H,19,20,21). The molecule has 0 bridgehead atoms. The lowest BCUT2D eigenvalue weighted by atomic mass is 9.87. The number of hydrogen-bond acceptors (Lipinski definition) is 4. The van der Waals surface area contributed by atoms with E-state index in [1.165, 1.54) is 6.33 Å². The molecule has 1 N–H and O–H groups in total. The first-order valence-corrected chi connectivity index (χ1v) is 7.24. The first-order chi connectivity index (χ1) is 10.6. The molecule has 1 aliphatic rings. The van der Waals surface area contributed by atoms with E-state index in [2.05, 4.69) is 20.0 Å². The molecular weight excluding hydrogens is 288 g/mol. The Morgan fingerprint density at radius 1 is 1.27 bits per heavy atom. The van der Waals surface area contributed by atoms with E-state index in [9.17, 15) is 8.78 Å². The maximum Gasteiger partial charge on any atom is 0.387 e. The van der Waals surface area contributed by atoms with Crippen molar-refractivity contribution in [2.45, 2.75) is 38.8 Å². The number of nitrogens with zero attached hydrogens (tertiary/aromatic N) is 2. The van der Waals surface area contributed by atoms with E-state index in [1.54, 1.807) is 12.1 Å². The summed E-state index contributed by atoms with van der Waals surface area (Å²) in [5.41, 5.74) is 3.06. The van der Waals surface area contributed by atoms with Gasteiger partial charge >= 0.3 is 6.61 Å². The lowest BCUT2D eigenvalue weighted by Gasteiger charge is -2.27. The van der Waals surface area contributed by atoms with Crippen molar-refractivity contribution >= 4 is 5.82 Å². The number of ether oxygens (including phenoxy) is 1. The summed E-state index contributed by atoms with van der Waals surface area (Å²) < 4.78 is 29.1. The van der Waals surface area contributed by atoms with Crippen LogP contribution in [0.25, 0.3) is 0 Å². The van der Waals surface area contributed by atoms with Crippen LogP contribution in [0.3, 0.4) is 0 Å². The SMILES string of the molecule is Cc1cc(NC2CCCc3cc(OC(F)F)ccc32)ncn1. The van der Waals surface area contributed by atoms with Gasteiger partial charge in [-0.2, -0.15) is 8.78 Å². The highest BCUT2D eigenvalue weighted by molar-refractivity contribution is 5.44. The molecule has 6 heteroatoms. The molecule has 1 aromatic carbocycles. The molecule has 1 atom stereocenters. The summed E-state index contributed by atoms with van der Waals surface area (Å²) in [6.45, 7) is -0.880. The van der Waals surface area contributed by atoms with Crippen molar-refractivity contribution < 1.29 is 13.5 Å². The highest BCUT2D eigenvalue weighted by Crippen LogP contribution is 2.34. The number of aromatic nitrogens is 2. The fraction of sp³-hybridized carbons (Fsp3) is 0.375. The number of hydrogen-bond donors (Lipinski definition) is 1. The van der Waals surface area contributed by atoms with Gasteiger partial charge in [0.25, 0.3) is 0 Å². The zero-order valence-corrected chi connectivity index (χ0v) is 12.2. The summed E-state index contributed by atoms with van der Waals surface area (Å²) in [6.07, 6.45) is 4.37. The summed E-state index contributed by atoms with van der Waals surface area (Å²) >= 11 is 0. The van der Waals surface area contributed by atoms with Crippen LogP contribution in [0.15, 0.2) is 30.6 Å². The largest absolute Gasteiger partial charge is 0.435 e. The minimum absolute atomic E-state index is 0.124. The predicted molar refractivity (Wildman–Crippen MR) is 79.1 cm³/mol. The smallest absolute Gasteiger partial charge is 0.387 e. The van der Waals surface area contributed by atoms with E-state index in [1.807, 2.05) is 19.1 Å². The molecule has 0 aliphatic heterocycles. The van der Waals surface area contributed by atoms with Gasteiger partial charge in [0.1, 0.15) is 17.9 Å². The van der Waals surface area contributed by atoms with Gasteiger partial charge in [-0.1, -0.05) is 6.07 Å². The molecule has 4 nitrogen and oxygen atoms in total. The highest BCUT2D eigenvalue weighted by Gasteiger charge is 2.21. The first-order valence-electron chi connectivity index (χ1n) is 7.24. The van der Waals surface area contributed by atoms with E-state index in [-0.39, 0.29) is 11.8 Å². The van der Waals surface area contributed by atoms with Crippen LogP contribution in [0.5, 0.6) is 5.75 Å². The lowest BCUT2D eigenvalue weighted by Crippen LogP contribution is -2.18. The quantitative estimate of drug-likeness (QED) is 0.931. The van der Waals surface area contributed by atoms with E-state index in [0.717, 1.165) is 41.9 Å². The third-order valence-corrected chi connectivity index (χ3v) is 3.78. The third-order valence-electron chi connectivity index (χ3n) is 3.78. The number of nitrogens with one attached hydrogen (secondary N) is 1. The van der Waals surface area contributed by atoms with Gasteiger partial charge in [0.2, 0.25) is 0 Å². The van der Waals surface area contributed by atoms with Gasteiger partial charge in [-0.25, -0.2) is 9.97 Å². The third kappa shape index (κ3) is 3.32. The van der Waals surface area contributed by atoms with Gasteiger partial charge in [0, 0.05) is 11.8 Å². The van der Waals surface area contributed by atoms with Crippen LogP contribution in [0.1, 0.15) is 35.7 Å². The minimum atomic E-state index is -2.79. The van der Waals surface area contributed by atoms with Gasteiger partial charge in [0.15, 0.2) is 0 Å². The van der Waals surface area contributed by atoms with E-state index < -0.39 is 6.61 Å². The van der Waals surface area contributed by atoms with Crippen LogP contribution in [0.4, 0.5) is 14.6 Å². The molecule has 0 amide bonds. The molecule has 0 saturated heterocycles. The van der Waals surface area contributed by atoms with Crippen molar-refractivity contribution in [1.82, 2.24) is 9.97 Å². The van der Waals surface area contributed by atoms with E-state index in [4.69, 9.17) is 0 Å². The van der Waals surface area contributed by atoms with Crippen molar-refractivity contribution in [2.75, 3.05) is 5.32 Å². The average molecular weight is 305 g/mol. The number of benzene rings is 1. The molecule has 0 radical (unpaired) electrons. The summed E-state index contributed by atoms with van der Waals surface area (Å²) in [7, 11) is 0. The Hall–Kier alpha value is -2.24. The molecule has 0 saturated carbocycles. The first kappa shape index (κ1) is 14.7. The molecule has 1 aliphatic carbocycles. The number of anilines is 1. The van der Waals surface area contributed by atoms with Gasteiger partial charge in [-0.15, -0.1) is 0 Å². The zero-order chi connectivity index (χ0) is 15.5. The highest BCUT2D eigenvalue weighted by atomic mass is 19.3. The van der Waals surface area contributed by atoms with Crippen LogP contribution in [-0.4, -0.2) is 16.6 Å². The molecule has 3 rings (SSSR count). The lowest BCUT2D eigenvalue weighted by molar-refractivity contribution is -0.0499. The Morgan fingerprint density at radius 3 is 2.91 bits per heavy atom. The van der Waals surface area contributed by atoms with Crippen molar-refractivity contribution in [3.8, 4) is 5.75 Å². The minimum Gasteiger partial charge on any atom is -0.435 e. The van der Waals surface area contributed by atoms with Gasteiger partial charge < -0.3 is 10.1 Å². The molecular formula is C16H17F2N3O. The zero-order valence-electron chi connectivity index (χ0n) is 12.2. The van der Waals surface area contributed by atoms with Gasteiger partial charge in [-0.3, -0.25) is 0 Å². The molecule has 22 heavy (non-hydrogen) atoms. The molecule has 1 unspecified atom stereocenters. The maximum absolute atomic E-state index is 12.3. The Bertz CT molecular complexity index is 664. The Morgan fingerprint density at radius 2 is 2.14 bits per heavy atom. The molecule has 1 heterocycles. The monoisotopic (exact) mass is 305 g/mol. The average Bonchev–Trinajstić information content (AvgIpc) is 2.46. The van der Waals surface area contributed by atoms with Crippen molar-refractivity contribution in [2.24, 2.45) is 0 Å². The summed E-state index contributed by atoms with van der Waals surface area (Å²) in [6, 6.07) is 7.18. The molecule has 2 aromatic rings. The van der Waals surface area contributed by atoms with Crippen molar-refractivity contribution in [1.29, 1.82) is 0 Å². The Kier molecular flexibility index (Phi) is 4.18. The number of alkyl halides is 2. The Balaban J connectivity index is 1.82. The maximum atomic E-state index is 12.3. The fourth-order valence-electron chi connectivity index (χ4n) is 2.83. The summed E-state index contributed by atoms with van der Waals surface area (Å²) in [4.78, 5) is 8.30. The predicted octanol–water partition coefficient (Wildman–Crippen LogP) is 3.88. The second-order valence-corrected chi connectivity index (χ2v) is 5.37. The fourth-order valence-corrected chi connectivity index (χ4v) is 2.83. The van der Waals surface area contributed by atoms with Gasteiger partial charge in [0.05, 0.1) is 6.04 Å². The molecule has 116 valence electrons.